The number of rotatable bonds is 16. The maximum Gasteiger partial charge on any atom is 0.187 e. The topological polar surface area (TPSA) is 377 Å². The molecule has 8 fully saturated rings. The molecule has 0 spiro atoms. The molecule has 30 unspecified atom stereocenters. The second kappa shape index (κ2) is 22.8. The molecular formula is C54H92O23. The lowest BCUT2D eigenvalue weighted by Crippen LogP contribution is -2.69. The van der Waals surface area contributed by atoms with Crippen molar-refractivity contribution in [3.8, 4) is 0 Å². The second-order valence-corrected chi connectivity index (χ2v) is 26.0. The minimum atomic E-state index is -1.83. The second-order valence-electron chi connectivity index (χ2n) is 26.0. The van der Waals surface area contributed by atoms with Crippen LogP contribution in [0.3, 0.4) is 0 Å². The highest BCUT2D eigenvalue weighted by molar-refractivity contribution is 5.23. The summed E-state index contributed by atoms with van der Waals surface area (Å²) < 4.78 is 48.8. The zero-order valence-electron chi connectivity index (χ0n) is 45.8. The van der Waals surface area contributed by atoms with E-state index in [-0.39, 0.29) is 42.1 Å². The van der Waals surface area contributed by atoms with Crippen molar-refractivity contribution in [1.82, 2.24) is 0 Å². The van der Waals surface area contributed by atoms with Gasteiger partial charge in [0, 0.05) is 5.41 Å². The summed E-state index contributed by atoms with van der Waals surface area (Å²) in [5, 5.41) is 163. The first-order valence-corrected chi connectivity index (χ1v) is 27.8. The van der Waals surface area contributed by atoms with Gasteiger partial charge in [0.2, 0.25) is 0 Å². The molecule has 4 heterocycles. The molecule has 446 valence electrons. The third-order valence-corrected chi connectivity index (χ3v) is 21.5. The van der Waals surface area contributed by atoms with Gasteiger partial charge in [-0.25, -0.2) is 0 Å². The molecule has 77 heavy (non-hydrogen) atoms. The molecule has 15 N–H and O–H groups in total. The zero-order valence-corrected chi connectivity index (χ0v) is 45.8. The average molecular weight is 1110 g/mol. The summed E-state index contributed by atoms with van der Waals surface area (Å²) in [6.45, 7) is 18.5. The Hall–Kier alpha value is -1.18. The fraction of sp³-hybridized carbons (Fsp3) is 0.963. The minimum absolute atomic E-state index is 0.00847. The third kappa shape index (κ3) is 10.5. The van der Waals surface area contributed by atoms with Gasteiger partial charge in [-0.05, 0) is 111 Å². The molecule has 4 aliphatic heterocycles. The fourth-order valence-corrected chi connectivity index (χ4v) is 16.4. The molecule has 23 nitrogen and oxygen atoms in total. The van der Waals surface area contributed by atoms with E-state index in [0.29, 0.717) is 37.7 Å². The lowest BCUT2D eigenvalue weighted by atomic mass is 9.34. The molecule has 0 radical (unpaired) electrons. The number of hydrogen-bond donors (Lipinski definition) is 15. The lowest BCUT2D eigenvalue weighted by Gasteiger charge is -2.71. The maximum absolute atomic E-state index is 13.0. The maximum atomic E-state index is 13.0. The fourth-order valence-electron chi connectivity index (χ4n) is 16.4. The van der Waals surface area contributed by atoms with Crippen LogP contribution in [0.15, 0.2) is 12.2 Å². The van der Waals surface area contributed by atoms with E-state index >= 15 is 0 Å². The van der Waals surface area contributed by atoms with Gasteiger partial charge in [-0.15, -0.1) is 0 Å². The Bertz CT molecular complexity index is 2020. The molecule has 0 aromatic rings. The minimum Gasteiger partial charge on any atom is -0.394 e. The summed E-state index contributed by atoms with van der Waals surface area (Å²) in [7, 11) is 0. The van der Waals surface area contributed by atoms with Gasteiger partial charge < -0.3 is 114 Å². The van der Waals surface area contributed by atoms with Crippen LogP contribution >= 0.6 is 0 Å². The molecule has 30 atom stereocenters. The first kappa shape index (κ1) is 61.9. The highest BCUT2D eigenvalue weighted by atomic mass is 16.8. The van der Waals surface area contributed by atoms with Crippen LogP contribution < -0.4 is 0 Å². The van der Waals surface area contributed by atoms with Crippen molar-refractivity contribution in [2.24, 2.45) is 44.8 Å². The van der Waals surface area contributed by atoms with E-state index in [1.807, 2.05) is 6.92 Å². The molecule has 0 aromatic heterocycles. The van der Waals surface area contributed by atoms with Crippen LogP contribution in [0.2, 0.25) is 0 Å². The van der Waals surface area contributed by atoms with Gasteiger partial charge in [0.1, 0.15) is 91.6 Å². The van der Waals surface area contributed by atoms with Crippen LogP contribution in [0.4, 0.5) is 0 Å². The quantitative estimate of drug-likeness (QED) is 0.0576. The van der Waals surface area contributed by atoms with Crippen LogP contribution in [0.25, 0.3) is 0 Å². The van der Waals surface area contributed by atoms with Crippen LogP contribution in [0, 0.1) is 44.8 Å². The molecule has 0 bridgehead atoms. The average Bonchev–Trinajstić information content (AvgIpc) is 3.96. The Morgan fingerprint density at radius 3 is 1.81 bits per heavy atom. The summed E-state index contributed by atoms with van der Waals surface area (Å²) in [5.41, 5.74) is -3.43. The Balaban J connectivity index is 1.03. The molecular weight excluding hydrogens is 1020 g/mol. The molecule has 4 saturated heterocycles. The van der Waals surface area contributed by atoms with Crippen molar-refractivity contribution < 1.29 is 114 Å². The highest BCUT2D eigenvalue weighted by Gasteiger charge is 2.75. The lowest BCUT2D eigenvalue weighted by molar-refractivity contribution is -0.378. The van der Waals surface area contributed by atoms with Gasteiger partial charge in [0.25, 0.3) is 0 Å². The molecule has 0 amide bonds. The van der Waals surface area contributed by atoms with Gasteiger partial charge in [-0.1, -0.05) is 53.7 Å². The van der Waals surface area contributed by atoms with Gasteiger partial charge in [-0.3, -0.25) is 0 Å². The van der Waals surface area contributed by atoms with Gasteiger partial charge in [-0.2, -0.15) is 0 Å². The molecule has 23 heteroatoms. The monoisotopic (exact) mass is 1110 g/mol. The Morgan fingerprint density at radius 1 is 0.610 bits per heavy atom. The predicted molar refractivity (Wildman–Crippen MR) is 266 cm³/mol. The number of ether oxygens (including phenoxy) is 8. The van der Waals surface area contributed by atoms with Crippen LogP contribution in [-0.4, -0.2) is 244 Å². The molecule has 4 aliphatic carbocycles. The molecule has 8 rings (SSSR count). The van der Waals surface area contributed by atoms with Crippen LogP contribution in [0.1, 0.15) is 113 Å². The zero-order chi connectivity index (χ0) is 56.9. The van der Waals surface area contributed by atoms with Gasteiger partial charge in [0.15, 0.2) is 25.2 Å². The number of aliphatic hydroxyl groups is 15. The highest BCUT2D eigenvalue weighted by Crippen LogP contribution is 2.78. The summed E-state index contributed by atoms with van der Waals surface area (Å²) in [4.78, 5) is 0. The Labute approximate surface area is 450 Å². The van der Waals surface area contributed by atoms with Crippen molar-refractivity contribution in [1.29, 1.82) is 0 Å². The van der Waals surface area contributed by atoms with Crippen molar-refractivity contribution in [3.05, 3.63) is 12.2 Å². The standard InChI is InChI=1S/C54H92O23/c1-23(2)24(57)10-15-54(9,77-47-42(69)38(65)36(63)29(74-47)22-71-45-40(67)33(60)26(59)21-70-45)53(8)17-16-52(7)44(53)25(58)18-31-50(5)13-12-32(49(3,4)30(50)11-14-51(31,52)6)75-48-43(39(66)35(62)28(20-56)73-48)76-46-41(68)37(64)34(61)27(19-55)72-46/h24-48,55-69H,1,10-22H2,2-9H3. The summed E-state index contributed by atoms with van der Waals surface area (Å²) in [6, 6.07) is 0. The Morgan fingerprint density at radius 2 is 1.18 bits per heavy atom. The van der Waals surface area contributed by atoms with Crippen molar-refractivity contribution in [2.45, 2.75) is 254 Å². The van der Waals surface area contributed by atoms with Crippen molar-refractivity contribution in [2.75, 3.05) is 26.4 Å². The number of fused-ring (bicyclic) bond motifs is 5. The molecule has 8 aliphatic rings. The Kier molecular flexibility index (Phi) is 18.3. The van der Waals surface area contributed by atoms with E-state index in [9.17, 15) is 76.6 Å². The smallest absolute Gasteiger partial charge is 0.187 e. The molecule has 4 saturated carbocycles. The van der Waals surface area contributed by atoms with Gasteiger partial charge >= 0.3 is 0 Å². The van der Waals surface area contributed by atoms with Crippen molar-refractivity contribution >= 4 is 0 Å². The van der Waals surface area contributed by atoms with Crippen LogP contribution in [-0.2, 0) is 37.9 Å². The van der Waals surface area contributed by atoms with E-state index in [1.165, 1.54) is 0 Å². The SMILES string of the molecule is C=C(C)C(O)CCC(C)(OC1OC(COC2OCC(O)C(O)C2O)C(O)C(O)C1O)C1(C)CCC2(C)C1C(O)CC1C3(C)CCC(OC4OC(CO)C(O)C(O)C4OC4OC(CO)C(O)C(O)C4O)C(C)(C)C3CCC12C. The summed E-state index contributed by atoms with van der Waals surface area (Å²) in [6.07, 6.45) is -27.6. The van der Waals surface area contributed by atoms with E-state index in [2.05, 4.69) is 48.1 Å². The number of aliphatic hydroxyl groups excluding tert-OH is 15. The van der Waals surface area contributed by atoms with Crippen LogP contribution in [0.5, 0.6) is 0 Å². The predicted octanol–water partition coefficient (Wildman–Crippen LogP) is -2.20. The van der Waals surface area contributed by atoms with E-state index in [0.717, 1.165) is 12.8 Å². The summed E-state index contributed by atoms with van der Waals surface area (Å²) >= 11 is 0. The first-order chi connectivity index (χ1) is 35.9. The number of hydrogen-bond acceptors (Lipinski definition) is 23. The molecule has 0 aromatic carbocycles. The van der Waals surface area contributed by atoms with Crippen molar-refractivity contribution in [3.63, 3.8) is 0 Å². The van der Waals surface area contributed by atoms with Gasteiger partial charge in [0.05, 0.1) is 50.3 Å². The van der Waals surface area contributed by atoms with E-state index in [4.69, 9.17) is 37.9 Å². The third-order valence-electron chi connectivity index (χ3n) is 21.5. The van der Waals surface area contributed by atoms with E-state index < -0.39 is 183 Å². The largest absolute Gasteiger partial charge is 0.394 e. The first-order valence-electron chi connectivity index (χ1n) is 27.8. The summed E-state index contributed by atoms with van der Waals surface area (Å²) in [5.74, 6) is -0.399. The van der Waals surface area contributed by atoms with E-state index in [1.54, 1.807) is 6.92 Å². The normalized spacial score (nSPS) is 53.1.